The summed E-state index contributed by atoms with van der Waals surface area (Å²) in [6, 6.07) is 14.3. The molecule has 3 N–H and O–H groups in total. The fourth-order valence-corrected chi connectivity index (χ4v) is 3.10. The van der Waals surface area contributed by atoms with E-state index in [4.69, 9.17) is 14.6 Å². The van der Waals surface area contributed by atoms with Gasteiger partial charge in [0.05, 0.1) is 25.4 Å². The molecule has 1 aliphatic heterocycles. The molecule has 1 amide bonds. The molecule has 0 aliphatic carbocycles. The third-order valence-electron chi connectivity index (χ3n) is 4.74. The Morgan fingerprint density at radius 3 is 2.53 bits per heavy atom. The minimum absolute atomic E-state index is 0.0630. The van der Waals surface area contributed by atoms with Crippen molar-refractivity contribution in [2.45, 2.75) is 13.0 Å². The summed E-state index contributed by atoms with van der Waals surface area (Å²) in [5.41, 5.74) is 2.55. The predicted octanol–water partition coefficient (Wildman–Crippen LogP) is 2.11. The number of morpholine rings is 1. The number of aliphatic hydroxyl groups is 1. The Kier molecular flexibility index (Phi) is 7.64. The Morgan fingerprint density at radius 2 is 1.83 bits per heavy atom. The Labute approximate surface area is 175 Å². The Morgan fingerprint density at radius 1 is 1.13 bits per heavy atom. The average Bonchev–Trinajstić information content (AvgIpc) is 2.78. The molecule has 1 saturated heterocycles. The van der Waals surface area contributed by atoms with Crippen molar-refractivity contribution in [1.29, 1.82) is 0 Å². The molecule has 1 aliphatic rings. The lowest BCUT2D eigenvalue weighted by atomic mass is 10.1. The lowest BCUT2D eigenvalue weighted by molar-refractivity contribution is -0.123. The number of aliphatic hydroxyl groups excluding tert-OH is 1. The van der Waals surface area contributed by atoms with Gasteiger partial charge in [0.25, 0.3) is 5.91 Å². The van der Waals surface area contributed by atoms with Gasteiger partial charge in [-0.1, -0.05) is 12.1 Å². The van der Waals surface area contributed by atoms with Crippen LogP contribution in [0.3, 0.4) is 0 Å². The second kappa shape index (κ2) is 10.6. The van der Waals surface area contributed by atoms with E-state index in [1.807, 2.05) is 24.3 Å². The highest BCUT2D eigenvalue weighted by Crippen LogP contribution is 2.20. The van der Waals surface area contributed by atoms with E-state index >= 15 is 0 Å². The normalized spacial score (nSPS) is 14.7. The Hall–Kier alpha value is -3.10. The van der Waals surface area contributed by atoms with E-state index in [-0.39, 0.29) is 6.61 Å². The van der Waals surface area contributed by atoms with Crippen molar-refractivity contribution < 1.29 is 24.2 Å². The van der Waals surface area contributed by atoms with Gasteiger partial charge >= 0.3 is 5.97 Å². The van der Waals surface area contributed by atoms with Gasteiger partial charge in [0.15, 0.2) is 6.10 Å². The van der Waals surface area contributed by atoms with Gasteiger partial charge < -0.3 is 30.1 Å². The Bertz CT molecular complexity index is 850. The number of esters is 1. The van der Waals surface area contributed by atoms with Gasteiger partial charge in [-0.25, -0.2) is 4.79 Å². The number of benzene rings is 2. The molecule has 1 heterocycles. The minimum atomic E-state index is -0.970. The molecule has 0 unspecified atom stereocenters. The van der Waals surface area contributed by atoms with Gasteiger partial charge in [0, 0.05) is 36.7 Å². The molecule has 2 aromatic carbocycles. The number of hydrogen-bond acceptors (Lipinski definition) is 7. The number of nitrogens with one attached hydrogen (secondary N) is 2. The second-order valence-corrected chi connectivity index (χ2v) is 6.88. The molecule has 0 radical (unpaired) electrons. The van der Waals surface area contributed by atoms with Gasteiger partial charge in [0.2, 0.25) is 0 Å². The van der Waals surface area contributed by atoms with Gasteiger partial charge in [-0.15, -0.1) is 0 Å². The van der Waals surface area contributed by atoms with E-state index in [0.29, 0.717) is 36.7 Å². The van der Waals surface area contributed by atoms with Crippen LogP contribution < -0.4 is 15.5 Å². The van der Waals surface area contributed by atoms with Crippen LogP contribution in [0.25, 0.3) is 0 Å². The maximum Gasteiger partial charge on any atom is 0.341 e. The smallest absolute Gasteiger partial charge is 0.341 e. The average molecular weight is 413 g/mol. The number of carbonyl (C=O) groups excluding carboxylic acids is 2. The zero-order chi connectivity index (χ0) is 21.3. The Balaban J connectivity index is 1.56. The summed E-state index contributed by atoms with van der Waals surface area (Å²) >= 11 is 0. The molecule has 2 aromatic rings. The lowest BCUT2D eigenvalue weighted by Crippen LogP contribution is -2.36. The van der Waals surface area contributed by atoms with Crippen molar-refractivity contribution in [3.05, 3.63) is 54.1 Å². The van der Waals surface area contributed by atoms with E-state index in [1.165, 1.54) is 6.92 Å². The summed E-state index contributed by atoms with van der Waals surface area (Å²) < 4.78 is 10.7. The van der Waals surface area contributed by atoms with E-state index in [0.717, 1.165) is 18.8 Å². The predicted molar refractivity (Wildman–Crippen MR) is 115 cm³/mol. The maximum absolute atomic E-state index is 12.5. The molecule has 0 bridgehead atoms. The summed E-state index contributed by atoms with van der Waals surface area (Å²) in [6.45, 7) is 4.87. The molecule has 0 aromatic heterocycles. The molecule has 30 heavy (non-hydrogen) atoms. The highest BCUT2D eigenvalue weighted by Gasteiger charge is 2.21. The third-order valence-corrected chi connectivity index (χ3v) is 4.74. The number of para-hydroxylation sites is 1. The topological polar surface area (TPSA) is 100 Å². The number of ether oxygens (including phenoxy) is 2. The first kappa shape index (κ1) is 21.6. The largest absolute Gasteiger partial charge is 0.449 e. The molecule has 0 saturated carbocycles. The van der Waals surface area contributed by atoms with Crippen molar-refractivity contribution in [3.63, 3.8) is 0 Å². The molecule has 8 heteroatoms. The maximum atomic E-state index is 12.5. The van der Waals surface area contributed by atoms with Crippen LogP contribution in [-0.4, -0.2) is 62.5 Å². The minimum Gasteiger partial charge on any atom is -0.449 e. The fourth-order valence-electron chi connectivity index (χ4n) is 3.10. The first-order chi connectivity index (χ1) is 14.6. The summed E-state index contributed by atoms with van der Waals surface area (Å²) in [7, 11) is 0. The molecule has 1 atom stereocenters. The molecule has 160 valence electrons. The SMILES string of the molecule is C[C@@H](OC(=O)c1ccccc1NCCO)C(=O)Nc1ccc(N2CCOCC2)cc1. The lowest BCUT2D eigenvalue weighted by Gasteiger charge is -2.28. The van der Waals surface area contributed by atoms with E-state index < -0.39 is 18.0 Å². The van der Waals surface area contributed by atoms with Crippen LogP contribution in [0.15, 0.2) is 48.5 Å². The van der Waals surface area contributed by atoms with Crippen LogP contribution in [-0.2, 0) is 14.3 Å². The van der Waals surface area contributed by atoms with Crippen LogP contribution in [0.2, 0.25) is 0 Å². The molecular weight excluding hydrogens is 386 g/mol. The summed E-state index contributed by atoms with van der Waals surface area (Å²) in [6.07, 6.45) is -0.970. The zero-order valence-corrected chi connectivity index (χ0v) is 17.0. The van der Waals surface area contributed by atoms with Crippen molar-refractivity contribution in [3.8, 4) is 0 Å². The number of nitrogens with zero attached hydrogens (tertiary/aromatic N) is 1. The number of hydrogen-bond donors (Lipinski definition) is 3. The van der Waals surface area contributed by atoms with E-state index in [2.05, 4.69) is 15.5 Å². The van der Waals surface area contributed by atoms with E-state index in [9.17, 15) is 9.59 Å². The zero-order valence-electron chi connectivity index (χ0n) is 17.0. The van der Waals surface area contributed by atoms with Crippen LogP contribution in [0.5, 0.6) is 0 Å². The highest BCUT2D eigenvalue weighted by molar-refractivity contribution is 5.99. The number of rotatable bonds is 8. The summed E-state index contributed by atoms with van der Waals surface area (Å²) in [4.78, 5) is 27.2. The highest BCUT2D eigenvalue weighted by atomic mass is 16.5. The van der Waals surface area contributed by atoms with Crippen molar-refractivity contribution in [2.75, 3.05) is 55.0 Å². The van der Waals surface area contributed by atoms with Crippen LogP contribution in [0.1, 0.15) is 17.3 Å². The van der Waals surface area contributed by atoms with Gasteiger partial charge in [0.1, 0.15) is 0 Å². The van der Waals surface area contributed by atoms with Crippen LogP contribution in [0, 0.1) is 0 Å². The molecule has 3 rings (SSSR count). The third kappa shape index (κ3) is 5.71. The molecular formula is C22H27N3O5. The van der Waals surface area contributed by atoms with E-state index in [1.54, 1.807) is 24.3 Å². The quantitative estimate of drug-likeness (QED) is 0.570. The first-order valence-electron chi connectivity index (χ1n) is 9.97. The fraction of sp³-hybridized carbons (Fsp3) is 0.364. The first-order valence-corrected chi connectivity index (χ1v) is 9.97. The number of anilines is 3. The molecule has 1 fully saturated rings. The number of carbonyl (C=O) groups is 2. The summed E-state index contributed by atoms with van der Waals surface area (Å²) in [5.74, 6) is -1.02. The van der Waals surface area contributed by atoms with Gasteiger partial charge in [-0.05, 0) is 43.3 Å². The van der Waals surface area contributed by atoms with Crippen molar-refractivity contribution in [1.82, 2.24) is 0 Å². The van der Waals surface area contributed by atoms with Gasteiger partial charge in [-0.3, -0.25) is 4.79 Å². The van der Waals surface area contributed by atoms with Gasteiger partial charge in [-0.2, -0.15) is 0 Å². The molecule has 0 spiro atoms. The monoisotopic (exact) mass is 413 g/mol. The second-order valence-electron chi connectivity index (χ2n) is 6.88. The van der Waals surface area contributed by atoms with Crippen molar-refractivity contribution in [2.24, 2.45) is 0 Å². The molecule has 8 nitrogen and oxygen atoms in total. The van der Waals surface area contributed by atoms with Crippen LogP contribution >= 0.6 is 0 Å². The van der Waals surface area contributed by atoms with Crippen LogP contribution in [0.4, 0.5) is 17.1 Å². The van der Waals surface area contributed by atoms with Crippen molar-refractivity contribution >= 4 is 28.9 Å². The number of amides is 1. The summed E-state index contributed by atoms with van der Waals surface area (Å²) in [5, 5.41) is 14.7. The standard InChI is InChI=1S/C22H27N3O5/c1-16(30-22(28)19-4-2-3-5-20(19)23-10-13-26)21(27)24-17-6-8-18(9-7-17)25-11-14-29-15-12-25/h2-9,16,23,26H,10-15H2,1H3,(H,24,27)/t16-/m1/s1.